The van der Waals surface area contributed by atoms with Gasteiger partial charge in [-0.3, -0.25) is 0 Å². The highest BCUT2D eigenvalue weighted by molar-refractivity contribution is 5.84. The molecule has 1 saturated heterocycles. The van der Waals surface area contributed by atoms with Gasteiger partial charge in [0, 0.05) is 26.1 Å². The average Bonchev–Trinajstić information content (AvgIpc) is 2.90. The van der Waals surface area contributed by atoms with Crippen molar-refractivity contribution < 1.29 is 0 Å². The molecule has 2 aromatic rings. The minimum atomic E-state index is 1.01. The van der Waals surface area contributed by atoms with E-state index in [-0.39, 0.29) is 0 Å². The molecule has 4 rings (SSSR count). The van der Waals surface area contributed by atoms with Crippen LogP contribution in [0.4, 0.5) is 5.82 Å². The van der Waals surface area contributed by atoms with E-state index in [0.717, 1.165) is 43.0 Å². The maximum atomic E-state index is 4.80. The highest BCUT2D eigenvalue weighted by Crippen LogP contribution is 2.28. The van der Waals surface area contributed by atoms with Gasteiger partial charge in [-0.2, -0.15) is 0 Å². The Labute approximate surface area is 112 Å². The van der Waals surface area contributed by atoms with Gasteiger partial charge < -0.3 is 9.47 Å². The van der Waals surface area contributed by atoms with E-state index in [1.54, 1.807) is 6.33 Å². The number of imidazole rings is 1. The Balaban J connectivity index is 1.81. The van der Waals surface area contributed by atoms with Gasteiger partial charge >= 0.3 is 0 Å². The Morgan fingerprint density at radius 3 is 2.58 bits per heavy atom. The molecule has 0 radical (unpaired) electrons. The lowest BCUT2D eigenvalue weighted by molar-refractivity contribution is 0.726. The van der Waals surface area contributed by atoms with E-state index in [4.69, 9.17) is 4.98 Å². The molecule has 2 aliphatic heterocycles. The van der Waals surface area contributed by atoms with Crippen LogP contribution in [0.2, 0.25) is 0 Å². The van der Waals surface area contributed by atoms with Crippen molar-refractivity contribution in [1.82, 2.24) is 19.5 Å². The van der Waals surface area contributed by atoms with Crippen LogP contribution < -0.4 is 4.90 Å². The quantitative estimate of drug-likeness (QED) is 0.785. The molecule has 1 fully saturated rings. The van der Waals surface area contributed by atoms with E-state index in [9.17, 15) is 0 Å². The predicted octanol–water partition coefficient (Wildman–Crippen LogP) is 2.15. The molecular weight excluding hydrogens is 238 g/mol. The third kappa shape index (κ3) is 1.79. The SMILES string of the molecule is c1nc(N2CCCCCC2)c2nc3n(c2n1)CCC3. The minimum absolute atomic E-state index is 1.01. The first-order chi connectivity index (χ1) is 9.43. The molecule has 100 valence electrons. The number of nitrogens with zero attached hydrogens (tertiary/aromatic N) is 5. The minimum Gasteiger partial charge on any atom is -0.355 e. The maximum Gasteiger partial charge on any atom is 0.165 e. The summed E-state index contributed by atoms with van der Waals surface area (Å²) in [4.78, 5) is 16.2. The normalized spacial score (nSPS) is 19.7. The van der Waals surface area contributed by atoms with Crippen LogP contribution >= 0.6 is 0 Å². The van der Waals surface area contributed by atoms with Gasteiger partial charge in [0.15, 0.2) is 17.0 Å². The van der Waals surface area contributed by atoms with Gasteiger partial charge in [-0.25, -0.2) is 15.0 Å². The Kier molecular flexibility index (Phi) is 2.64. The second-order valence-corrected chi connectivity index (χ2v) is 5.55. The molecule has 0 bridgehead atoms. The standard InChI is InChI=1S/C14H19N5/c1-2-4-8-18(7-3-1)13-12-14(16-10-15-13)19-9-5-6-11(19)17-12/h10H,1-9H2. The Hall–Kier alpha value is -1.65. The zero-order chi connectivity index (χ0) is 12.7. The van der Waals surface area contributed by atoms with Gasteiger partial charge in [-0.1, -0.05) is 12.8 Å². The summed E-state index contributed by atoms with van der Waals surface area (Å²) in [7, 11) is 0. The van der Waals surface area contributed by atoms with Gasteiger partial charge in [-0.15, -0.1) is 0 Å². The number of rotatable bonds is 1. The highest BCUT2D eigenvalue weighted by atomic mass is 15.2. The van der Waals surface area contributed by atoms with Crippen LogP contribution in [-0.2, 0) is 13.0 Å². The van der Waals surface area contributed by atoms with Crippen LogP contribution in [0.1, 0.15) is 37.9 Å². The summed E-state index contributed by atoms with van der Waals surface area (Å²) in [6.07, 6.45) is 9.18. The summed E-state index contributed by atoms with van der Waals surface area (Å²) in [6, 6.07) is 0. The lowest BCUT2D eigenvalue weighted by atomic mass is 10.2. The number of hydrogen-bond acceptors (Lipinski definition) is 4. The molecule has 2 aliphatic rings. The fraction of sp³-hybridized carbons (Fsp3) is 0.643. The second-order valence-electron chi connectivity index (χ2n) is 5.55. The highest BCUT2D eigenvalue weighted by Gasteiger charge is 2.22. The molecule has 0 aromatic carbocycles. The Bertz CT molecular complexity index is 595. The van der Waals surface area contributed by atoms with Gasteiger partial charge in [0.2, 0.25) is 0 Å². The molecule has 4 heterocycles. The zero-order valence-corrected chi connectivity index (χ0v) is 11.2. The third-order valence-electron chi connectivity index (χ3n) is 4.28. The van der Waals surface area contributed by atoms with Gasteiger partial charge in [0.05, 0.1) is 0 Å². The van der Waals surface area contributed by atoms with Crippen molar-refractivity contribution in [3.63, 3.8) is 0 Å². The van der Waals surface area contributed by atoms with E-state index >= 15 is 0 Å². The van der Waals surface area contributed by atoms with Crippen molar-refractivity contribution in [3.05, 3.63) is 12.2 Å². The fourth-order valence-corrected chi connectivity index (χ4v) is 3.30. The van der Waals surface area contributed by atoms with E-state index in [1.807, 2.05) is 0 Å². The summed E-state index contributed by atoms with van der Waals surface area (Å²) in [5, 5.41) is 0. The molecule has 19 heavy (non-hydrogen) atoms. The van der Waals surface area contributed by atoms with Crippen LogP contribution in [-0.4, -0.2) is 32.6 Å². The van der Waals surface area contributed by atoms with Crippen LogP contribution in [0.5, 0.6) is 0 Å². The summed E-state index contributed by atoms with van der Waals surface area (Å²) in [6.45, 7) is 3.27. The Morgan fingerprint density at radius 1 is 0.895 bits per heavy atom. The van der Waals surface area contributed by atoms with E-state index in [0.29, 0.717) is 0 Å². The van der Waals surface area contributed by atoms with Gasteiger partial charge in [0.25, 0.3) is 0 Å². The number of anilines is 1. The smallest absolute Gasteiger partial charge is 0.165 e. The van der Waals surface area contributed by atoms with Crippen molar-refractivity contribution in [1.29, 1.82) is 0 Å². The number of aromatic nitrogens is 4. The van der Waals surface area contributed by atoms with Crippen LogP contribution in [0.3, 0.4) is 0 Å². The Morgan fingerprint density at radius 2 is 1.74 bits per heavy atom. The largest absolute Gasteiger partial charge is 0.355 e. The molecule has 0 N–H and O–H groups in total. The molecule has 0 atom stereocenters. The van der Waals surface area contributed by atoms with Crippen molar-refractivity contribution in [2.75, 3.05) is 18.0 Å². The summed E-state index contributed by atoms with van der Waals surface area (Å²) in [5.41, 5.74) is 2.04. The average molecular weight is 257 g/mol. The van der Waals surface area contributed by atoms with Crippen molar-refractivity contribution in [2.45, 2.75) is 45.1 Å². The lowest BCUT2D eigenvalue weighted by Crippen LogP contribution is -2.25. The molecule has 0 spiro atoms. The van der Waals surface area contributed by atoms with Crippen molar-refractivity contribution >= 4 is 17.0 Å². The van der Waals surface area contributed by atoms with E-state index in [2.05, 4.69) is 19.4 Å². The summed E-state index contributed by atoms with van der Waals surface area (Å²) in [5.74, 6) is 2.24. The molecular formula is C14H19N5. The molecule has 0 amide bonds. The second kappa shape index (κ2) is 4.47. The monoisotopic (exact) mass is 257 g/mol. The molecule has 2 aromatic heterocycles. The first kappa shape index (κ1) is 11.2. The first-order valence-corrected chi connectivity index (χ1v) is 7.38. The van der Waals surface area contributed by atoms with Crippen LogP contribution in [0.25, 0.3) is 11.2 Å². The molecule has 0 aliphatic carbocycles. The molecule has 0 saturated carbocycles. The molecule has 0 unspecified atom stereocenters. The fourth-order valence-electron chi connectivity index (χ4n) is 3.30. The molecule has 5 nitrogen and oxygen atoms in total. The number of hydrogen-bond donors (Lipinski definition) is 0. The first-order valence-electron chi connectivity index (χ1n) is 7.38. The third-order valence-corrected chi connectivity index (χ3v) is 4.28. The maximum absolute atomic E-state index is 4.80. The van der Waals surface area contributed by atoms with Crippen molar-refractivity contribution in [2.24, 2.45) is 0 Å². The van der Waals surface area contributed by atoms with Gasteiger partial charge in [0.1, 0.15) is 12.2 Å². The number of fused-ring (bicyclic) bond motifs is 3. The van der Waals surface area contributed by atoms with Crippen LogP contribution in [0, 0.1) is 0 Å². The van der Waals surface area contributed by atoms with Crippen molar-refractivity contribution in [3.8, 4) is 0 Å². The lowest BCUT2D eigenvalue weighted by Gasteiger charge is -2.21. The van der Waals surface area contributed by atoms with E-state index < -0.39 is 0 Å². The molecule has 5 heteroatoms. The summed E-state index contributed by atoms with van der Waals surface area (Å²) >= 11 is 0. The number of aryl methyl sites for hydroxylation is 2. The summed E-state index contributed by atoms with van der Waals surface area (Å²) < 4.78 is 2.26. The zero-order valence-electron chi connectivity index (χ0n) is 11.2. The predicted molar refractivity (Wildman–Crippen MR) is 74.3 cm³/mol. The van der Waals surface area contributed by atoms with Gasteiger partial charge in [-0.05, 0) is 19.3 Å². The van der Waals surface area contributed by atoms with Crippen LogP contribution in [0.15, 0.2) is 6.33 Å². The topological polar surface area (TPSA) is 46.8 Å². The van der Waals surface area contributed by atoms with E-state index in [1.165, 1.54) is 37.9 Å².